The molecule has 1 amide bonds. The number of ether oxygens (including phenoxy) is 1. The van der Waals surface area contributed by atoms with E-state index in [-0.39, 0.29) is 23.8 Å². The number of carbonyl (C=O) groups is 1. The number of amides is 1. The second-order valence-corrected chi connectivity index (χ2v) is 6.27. The molecule has 1 saturated carbocycles. The Kier molecular flexibility index (Phi) is 4.95. The highest BCUT2D eigenvalue weighted by Gasteiger charge is 2.37. The van der Waals surface area contributed by atoms with Crippen molar-refractivity contribution in [2.75, 3.05) is 7.11 Å². The lowest BCUT2D eigenvalue weighted by Gasteiger charge is -2.30. The number of nitrogens with zero attached hydrogens (tertiary/aromatic N) is 1. The highest BCUT2D eigenvalue weighted by molar-refractivity contribution is 5.95. The largest absolute Gasteiger partial charge is 0.380 e. The SMILES string of the molecule is COCc1ccc(C(=O)N(C2CC2)C(C)c2ccccc2F)cc1. The molecule has 2 aromatic carbocycles. The van der Waals surface area contributed by atoms with Crippen molar-refractivity contribution in [3.8, 4) is 0 Å². The molecule has 0 bridgehead atoms. The summed E-state index contributed by atoms with van der Waals surface area (Å²) in [4.78, 5) is 14.8. The third kappa shape index (κ3) is 3.49. The third-order valence-electron chi connectivity index (χ3n) is 4.46. The van der Waals surface area contributed by atoms with Gasteiger partial charge in [-0.15, -0.1) is 0 Å². The summed E-state index contributed by atoms with van der Waals surface area (Å²) in [5, 5.41) is 0. The molecule has 1 aliphatic rings. The van der Waals surface area contributed by atoms with Crippen LogP contribution in [0.15, 0.2) is 48.5 Å². The van der Waals surface area contributed by atoms with Gasteiger partial charge in [0.25, 0.3) is 5.91 Å². The maximum absolute atomic E-state index is 14.1. The van der Waals surface area contributed by atoms with Gasteiger partial charge in [0.05, 0.1) is 12.6 Å². The summed E-state index contributed by atoms with van der Waals surface area (Å²) in [6.45, 7) is 2.42. The number of benzene rings is 2. The Balaban J connectivity index is 1.85. The first-order valence-electron chi connectivity index (χ1n) is 8.26. The smallest absolute Gasteiger partial charge is 0.254 e. The second kappa shape index (κ2) is 7.14. The van der Waals surface area contributed by atoms with Crippen molar-refractivity contribution < 1.29 is 13.9 Å². The molecule has 0 saturated heterocycles. The zero-order valence-electron chi connectivity index (χ0n) is 14.0. The predicted molar refractivity (Wildman–Crippen MR) is 91.2 cm³/mol. The third-order valence-corrected chi connectivity index (χ3v) is 4.46. The van der Waals surface area contributed by atoms with Gasteiger partial charge in [-0.2, -0.15) is 0 Å². The molecular formula is C20H22FNO2. The summed E-state index contributed by atoms with van der Waals surface area (Å²) in [5.41, 5.74) is 2.22. The van der Waals surface area contributed by atoms with Crippen LogP contribution in [0.2, 0.25) is 0 Å². The normalized spacial score (nSPS) is 15.1. The molecule has 0 N–H and O–H groups in total. The first-order chi connectivity index (χ1) is 11.6. The van der Waals surface area contributed by atoms with E-state index in [2.05, 4.69) is 0 Å². The Hall–Kier alpha value is -2.20. The molecule has 1 atom stereocenters. The average molecular weight is 327 g/mol. The van der Waals surface area contributed by atoms with Crippen LogP contribution in [0, 0.1) is 5.82 Å². The highest BCUT2D eigenvalue weighted by Crippen LogP contribution is 2.36. The van der Waals surface area contributed by atoms with Crippen molar-refractivity contribution in [2.45, 2.75) is 38.5 Å². The molecule has 2 aromatic rings. The number of rotatable bonds is 6. The Bertz CT molecular complexity index is 710. The van der Waals surface area contributed by atoms with Crippen LogP contribution in [0.4, 0.5) is 4.39 Å². The van der Waals surface area contributed by atoms with Crippen LogP contribution in [0.5, 0.6) is 0 Å². The van der Waals surface area contributed by atoms with E-state index in [1.807, 2.05) is 42.2 Å². The van der Waals surface area contributed by atoms with Gasteiger partial charge in [0, 0.05) is 24.3 Å². The van der Waals surface area contributed by atoms with Gasteiger partial charge in [0.15, 0.2) is 0 Å². The van der Waals surface area contributed by atoms with Crippen LogP contribution in [-0.4, -0.2) is 24.0 Å². The average Bonchev–Trinajstić information content (AvgIpc) is 3.41. The molecule has 0 aliphatic heterocycles. The Morgan fingerprint density at radius 1 is 1.21 bits per heavy atom. The van der Waals surface area contributed by atoms with Crippen LogP contribution in [0.3, 0.4) is 0 Å². The summed E-state index contributed by atoms with van der Waals surface area (Å²) in [5.74, 6) is -0.309. The van der Waals surface area contributed by atoms with Gasteiger partial charge in [0.2, 0.25) is 0 Å². The van der Waals surface area contributed by atoms with E-state index in [1.54, 1.807) is 19.2 Å². The number of methoxy groups -OCH3 is 1. The number of halogens is 1. The summed E-state index contributed by atoms with van der Waals surface area (Å²) in [6, 6.07) is 14.0. The second-order valence-electron chi connectivity index (χ2n) is 6.27. The monoisotopic (exact) mass is 327 g/mol. The minimum atomic E-state index is -0.287. The van der Waals surface area contributed by atoms with Gasteiger partial charge in [0.1, 0.15) is 5.82 Å². The Morgan fingerprint density at radius 2 is 1.88 bits per heavy atom. The van der Waals surface area contributed by atoms with E-state index in [9.17, 15) is 9.18 Å². The lowest BCUT2D eigenvalue weighted by molar-refractivity contribution is 0.0671. The number of hydrogen-bond acceptors (Lipinski definition) is 2. The molecule has 126 valence electrons. The van der Waals surface area contributed by atoms with Crippen molar-refractivity contribution in [3.05, 3.63) is 71.0 Å². The molecular weight excluding hydrogens is 305 g/mol. The van der Waals surface area contributed by atoms with Gasteiger partial charge < -0.3 is 9.64 Å². The van der Waals surface area contributed by atoms with Crippen LogP contribution in [0.1, 0.15) is 47.3 Å². The topological polar surface area (TPSA) is 29.5 Å². The quantitative estimate of drug-likeness (QED) is 0.790. The van der Waals surface area contributed by atoms with Crippen molar-refractivity contribution in [1.29, 1.82) is 0 Å². The standard InChI is InChI=1S/C20H22FNO2/c1-14(18-5-3-4-6-19(18)21)22(17-11-12-17)20(23)16-9-7-15(8-10-16)13-24-2/h3-10,14,17H,11-13H2,1-2H3. The molecule has 1 fully saturated rings. The Morgan fingerprint density at radius 3 is 2.46 bits per heavy atom. The maximum atomic E-state index is 14.1. The zero-order chi connectivity index (χ0) is 17.1. The lowest BCUT2D eigenvalue weighted by atomic mass is 10.0. The van der Waals surface area contributed by atoms with Crippen LogP contribution < -0.4 is 0 Å². The van der Waals surface area contributed by atoms with Crippen molar-refractivity contribution >= 4 is 5.91 Å². The predicted octanol–water partition coefficient (Wildman–Crippen LogP) is 4.34. The van der Waals surface area contributed by atoms with Gasteiger partial charge in [-0.25, -0.2) is 4.39 Å². The first-order valence-corrected chi connectivity index (χ1v) is 8.26. The molecule has 24 heavy (non-hydrogen) atoms. The maximum Gasteiger partial charge on any atom is 0.254 e. The van der Waals surface area contributed by atoms with E-state index >= 15 is 0 Å². The summed E-state index contributed by atoms with van der Waals surface area (Å²) >= 11 is 0. The Labute approximate surface area is 142 Å². The molecule has 0 aromatic heterocycles. The highest BCUT2D eigenvalue weighted by atomic mass is 19.1. The van der Waals surface area contributed by atoms with Crippen molar-refractivity contribution in [1.82, 2.24) is 4.90 Å². The fourth-order valence-electron chi connectivity index (χ4n) is 3.03. The van der Waals surface area contributed by atoms with Crippen molar-refractivity contribution in [3.63, 3.8) is 0 Å². The molecule has 1 unspecified atom stereocenters. The van der Waals surface area contributed by atoms with E-state index in [0.717, 1.165) is 18.4 Å². The minimum Gasteiger partial charge on any atom is -0.380 e. The van der Waals surface area contributed by atoms with Crippen molar-refractivity contribution in [2.24, 2.45) is 0 Å². The zero-order valence-corrected chi connectivity index (χ0v) is 14.0. The summed E-state index contributed by atoms with van der Waals surface area (Å²) < 4.78 is 19.2. The molecule has 3 rings (SSSR count). The van der Waals surface area contributed by atoms with Gasteiger partial charge in [-0.3, -0.25) is 4.79 Å². The minimum absolute atomic E-state index is 0.0442. The molecule has 1 aliphatic carbocycles. The molecule has 4 heteroatoms. The fourth-order valence-corrected chi connectivity index (χ4v) is 3.03. The first kappa shape index (κ1) is 16.7. The van der Waals surface area contributed by atoms with E-state index in [0.29, 0.717) is 17.7 Å². The van der Waals surface area contributed by atoms with E-state index < -0.39 is 0 Å². The summed E-state index contributed by atoms with van der Waals surface area (Å²) in [7, 11) is 1.64. The molecule has 0 heterocycles. The summed E-state index contributed by atoms with van der Waals surface area (Å²) in [6.07, 6.45) is 1.96. The van der Waals surface area contributed by atoms with Crippen LogP contribution >= 0.6 is 0 Å². The van der Waals surface area contributed by atoms with E-state index in [1.165, 1.54) is 6.07 Å². The fraction of sp³-hybridized carbons (Fsp3) is 0.350. The van der Waals surface area contributed by atoms with Crippen LogP contribution in [0.25, 0.3) is 0 Å². The molecule has 3 nitrogen and oxygen atoms in total. The van der Waals surface area contributed by atoms with Crippen LogP contribution in [-0.2, 0) is 11.3 Å². The molecule has 0 spiro atoms. The molecule has 0 radical (unpaired) electrons. The lowest BCUT2D eigenvalue weighted by Crippen LogP contribution is -2.36. The van der Waals surface area contributed by atoms with Gasteiger partial charge in [-0.1, -0.05) is 30.3 Å². The van der Waals surface area contributed by atoms with E-state index in [4.69, 9.17) is 4.74 Å². The van der Waals surface area contributed by atoms with Gasteiger partial charge in [-0.05, 0) is 43.5 Å². The number of carbonyl (C=O) groups excluding carboxylic acids is 1. The number of hydrogen-bond donors (Lipinski definition) is 0. The van der Waals surface area contributed by atoms with Gasteiger partial charge >= 0.3 is 0 Å².